The van der Waals surface area contributed by atoms with Crippen LogP contribution in [0.5, 0.6) is 0 Å². The smallest absolute Gasteiger partial charge is 0.318 e. The van der Waals surface area contributed by atoms with Crippen LogP contribution in [-0.2, 0) is 11.3 Å². The fraction of sp³-hybridized carbons (Fsp3) is 0.448. The second kappa shape index (κ2) is 12.0. The predicted molar refractivity (Wildman–Crippen MR) is 151 cm³/mol. The lowest BCUT2D eigenvalue weighted by Crippen LogP contribution is -2.52. The van der Waals surface area contributed by atoms with Gasteiger partial charge in [0.1, 0.15) is 5.69 Å². The molecule has 1 atom stereocenters. The summed E-state index contributed by atoms with van der Waals surface area (Å²) in [6, 6.07) is 6.94. The number of nitrogens with zero attached hydrogens (tertiary/aromatic N) is 7. The highest BCUT2D eigenvalue weighted by atomic mass is 19.1. The molecule has 0 radical (unpaired) electrons. The van der Waals surface area contributed by atoms with Crippen LogP contribution in [0.4, 0.5) is 15.1 Å². The maximum absolute atomic E-state index is 15.0. The fourth-order valence-corrected chi connectivity index (χ4v) is 5.36. The van der Waals surface area contributed by atoms with Gasteiger partial charge in [-0.2, -0.15) is 10.4 Å². The number of urea groups is 1. The van der Waals surface area contributed by atoms with E-state index in [-0.39, 0.29) is 11.7 Å². The number of nitrogens with one attached hydrogen (secondary N) is 2. The van der Waals surface area contributed by atoms with Crippen molar-refractivity contribution in [2.24, 2.45) is 5.92 Å². The Bertz CT molecular complexity index is 1490. The summed E-state index contributed by atoms with van der Waals surface area (Å²) in [5.41, 5.74) is 4.70. The molecule has 2 amide bonds. The Labute approximate surface area is 238 Å². The Hall–Kier alpha value is -4.37. The number of piperazine rings is 1. The molecule has 2 N–H and O–H groups in total. The topological polar surface area (TPSA) is 136 Å². The van der Waals surface area contributed by atoms with E-state index in [9.17, 15) is 10.1 Å². The van der Waals surface area contributed by atoms with Crippen molar-refractivity contribution in [2.45, 2.75) is 39.8 Å². The van der Waals surface area contributed by atoms with Crippen LogP contribution in [-0.4, -0.2) is 76.3 Å². The van der Waals surface area contributed by atoms with Crippen LogP contribution in [0.15, 0.2) is 24.4 Å². The van der Waals surface area contributed by atoms with Crippen molar-refractivity contribution in [1.29, 1.82) is 10.7 Å². The third kappa shape index (κ3) is 6.05. The first-order chi connectivity index (χ1) is 19.8. The van der Waals surface area contributed by atoms with Gasteiger partial charge in [-0.1, -0.05) is 6.07 Å². The van der Waals surface area contributed by atoms with Crippen molar-refractivity contribution in [3.63, 3.8) is 0 Å². The molecule has 2 fully saturated rings. The van der Waals surface area contributed by atoms with Gasteiger partial charge < -0.3 is 25.3 Å². The van der Waals surface area contributed by atoms with Crippen molar-refractivity contribution in [1.82, 2.24) is 30.0 Å². The molecule has 41 heavy (non-hydrogen) atoms. The van der Waals surface area contributed by atoms with Crippen molar-refractivity contribution in [3.05, 3.63) is 58.3 Å². The van der Waals surface area contributed by atoms with Crippen LogP contribution >= 0.6 is 0 Å². The number of amides is 2. The molecule has 0 saturated carbocycles. The molecule has 2 aliphatic rings. The number of ether oxygens (including phenoxy) is 1. The summed E-state index contributed by atoms with van der Waals surface area (Å²) >= 11 is 0. The first-order valence-electron chi connectivity index (χ1n) is 13.7. The van der Waals surface area contributed by atoms with Crippen LogP contribution in [0, 0.1) is 49.2 Å². The van der Waals surface area contributed by atoms with Gasteiger partial charge in [-0.15, -0.1) is 0 Å². The Morgan fingerprint density at radius 3 is 2.66 bits per heavy atom. The minimum atomic E-state index is -0.502. The van der Waals surface area contributed by atoms with E-state index in [1.54, 1.807) is 17.0 Å². The number of benzene rings is 1. The van der Waals surface area contributed by atoms with E-state index < -0.39 is 11.9 Å². The van der Waals surface area contributed by atoms with Gasteiger partial charge in [0.15, 0.2) is 5.82 Å². The van der Waals surface area contributed by atoms with Gasteiger partial charge in [0.2, 0.25) is 5.95 Å². The maximum atomic E-state index is 15.0. The van der Waals surface area contributed by atoms with Gasteiger partial charge in [-0.25, -0.2) is 19.2 Å². The molecule has 0 spiro atoms. The molecule has 214 valence electrons. The van der Waals surface area contributed by atoms with Crippen molar-refractivity contribution in [3.8, 4) is 17.3 Å². The average Bonchev–Trinajstić information content (AvgIpc) is 3.22. The monoisotopic (exact) mass is 559 g/mol. The summed E-state index contributed by atoms with van der Waals surface area (Å²) in [5, 5.41) is 24.6. The number of hydrogen-bond donors (Lipinski definition) is 2. The number of nitriles is 1. The number of aryl methyl sites for hydroxylation is 2. The zero-order valence-corrected chi connectivity index (χ0v) is 23.5. The molecular weight excluding hydrogens is 525 g/mol. The number of carbonyl (C=O) groups is 1. The molecule has 12 heteroatoms. The van der Waals surface area contributed by atoms with E-state index in [1.165, 1.54) is 12.4 Å². The quantitative estimate of drug-likeness (QED) is 0.403. The lowest BCUT2D eigenvalue weighted by atomic mass is 9.99. The molecular formula is C29H34FN9O2. The van der Waals surface area contributed by atoms with E-state index in [2.05, 4.69) is 26.5 Å². The van der Waals surface area contributed by atoms with Gasteiger partial charge in [0.25, 0.3) is 0 Å². The van der Waals surface area contributed by atoms with Gasteiger partial charge in [-0.05, 0) is 50.2 Å². The van der Waals surface area contributed by atoms with Crippen LogP contribution in [0.25, 0.3) is 11.3 Å². The van der Waals surface area contributed by atoms with E-state index in [4.69, 9.17) is 10.1 Å². The molecule has 2 aromatic heterocycles. The molecule has 1 aromatic carbocycles. The second-order valence-corrected chi connectivity index (χ2v) is 10.7. The predicted octanol–water partition coefficient (Wildman–Crippen LogP) is 3.54. The minimum absolute atomic E-state index is 0.227. The van der Waals surface area contributed by atoms with Crippen LogP contribution in [0.1, 0.15) is 40.5 Å². The van der Waals surface area contributed by atoms with E-state index >= 15 is 4.39 Å². The lowest BCUT2D eigenvalue weighted by Gasteiger charge is -2.35. The third-order valence-electron chi connectivity index (χ3n) is 7.62. The number of anilines is 1. The second-order valence-electron chi connectivity index (χ2n) is 10.7. The number of aromatic nitrogens is 4. The summed E-state index contributed by atoms with van der Waals surface area (Å²) in [7, 11) is 0. The Morgan fingerprint density at radius 2 is 2.00 bits per heavy atom. The molecule has 0 aliphatic carbocycles. The van der Waals surface area contributed by atoms with Crippen LogP contribution in [0.2, 0.25) is 0 Å². The Morgan fingerprint density at radius 1 is 1.24 bits per heavy atom. The van der Waals surface area contributed by atoms with Crippen molar-refractivity contribution >= 4 is 18.2 Å². The third-order valence-corrected chi connectivity index (χ3v) is 7.62. The molecule has 5 rings (SSSR count). The van der Waals surface area contributed by atoms with E-state index in [0.29, 0.717) is 74.5 Å². The Kier molecular flexibility index (Phi) is 8.26. The minimum Gasteiger partial charge on any atom is -0.381 e. The SMILES string of the molecule is Cc1cc(C#N)cc([C@H](CC=N)NC(=O)N2CCN(c3ncc(F)c(-c4c(C)nn(CC5COC5)c4C)n3)CC2)c1. The van der Waals surface area contributed by atoms with Crippen LogP contribution in [0.3, 0.4) is 0 Å². The van der Waals surface area contributed by atoms with Gasteiger partial charge in [-0.3, -0.25) is 4.68 Å². The summed E-state index contributed by atoms with van der Waals surface area (Å²) in [4.78, 5) is 25.7. The number of halogens is 1. The normalized spacial score (nSPS) is 16.2. The van der Waals surface area contributed by atoms with E-state index in [1.807, 2.05) is 36.4 Å². The highest BCUT2D eigenvalue weighted by Crippen LogP contribution is 2.30. The van der Waals surface area contributed by atoms with Crippen LogP contribution < -0.4 is 10.2 Å². The van der Waals surface area contributed by atoms with Gasteiger partial charge in [0, 0.05) is 56.3 Å². The molecule has 4 heterocycles. The van der Waals surface area contributed by atoms with Crippen molar-refractivity contribution in [2.75, 3.05) is 44.3 Å². The summed E-state index contributed by atoms with van der Waals surface area (Å²) in [5.74, 6) is 0.315. The molecule has 0 bridgehead atoms. The number of hydrogen-bond acceptors (Lipinski definition) is 8. The fourth-order valence-electron chi connectivity index (χ4n) is 5.36. The molecule has 3 aromatic rings. The average molecular weight is 560 g/mol. The number of rotatable bonds is 8. The van der Waals surface area contributed by atoms with Gasteiger partial charge in [0.05, 0.1) is 42.8 Å². The zero-order valence-electron chi connectivity index (χ0n) is 23.5. The summed E-state index contributed by atoms with van der Waals surface area (Å²) < 4.78 is 22.2. The molecule has 11 nitrogen and oxygen atoms in total. The van der Waals surface area contributed by atoms with Crippen molar-refractivity contribution < 1.29 is 13.9 Å². The molecule has 2 aliphatic heterocycles. The summed E-state index contributed by atoms with van der Waals surface area (Å²) in [6.45, 7) is 9.64. The first-order valence-corrected chi connectivity index (χ1v) is 13.7. The van der Waals surface area contributed by atoms with Gasteiger partial charge >= 0.3 is 6.03 Å². The first kappa shape index (κ1) is 28.2. The Balaban J connectivity index is 1.26. The van der Waals surface area contributed by atoms with E-state index in [0.717, 1.165) is 23.4 Å². The lowest BCUT2D eigenvalue weighted by molar-refractivity contribution is -0.0411. The maximum Gasteiger partial charge on any atom is 0.318 e. The summed E-state index contributed by atoms with van der Waals surface area (Å²) in [6.07, 6.45) is 2.78. The highest BCUT2D eigenvalue weighted by molar-refractivity contribution is 5.76. The number of carbonyl (C=O) groups excluding carboxylic acids is 1. The highest BCUT2D eigenvalue weighted by Gasteiger charge is 2.27. The largest absolute Gasteiger partial charge is 0.381 e. The molecule has 2 saturated heterocycles. The standard InChI is InChI=1S/C29H34FN9O2/c1-18-10-21(13-32)12-23(11-18)25(4-5-31)34-29(40)38-8-6-37(7-9-38)28-33-14-24(30)27(35-28)26-19(2)36-39(20(26)3)15-22-16-41-17-22/h5,10-12,14,22,25,31H,4,6-9,15-17H2,1-3H3,(H,34,40)/t25-/m0/s1. The molecule has 0 unspecified atom stereocenters. The zero-order chi connectivity index (χ0) is 29.1.